The van der Waals surface area contributed by atoms with E-state index in [1.54, 1.807) is 11.0 Å². The fraction of sp³-hybridized carbons (Fsp3) is 0.333. The molecule has 0 aliphatic rings. The third kappa shape index (κ3) is 3.83. The van der Waals surface area contributed by atoms with Gasteiger partial charge in [0.1, 0.15) is 0 Å². The Morgan fingerprint density at radius 1 is 1.47 bits per heavy atom. The third-order valence-corrected chi connectivity index (χ3v) is 3.47. The van der Waals surface area contributed by atoms with Gasteiger partial charge in [0.2, 0.25) is 0 Å². The lowest BCUT2D eigenvalue weighted by molar-refractivity contribution is 0.0767. The molecule has 90 valence electrons. The molecule has 0 N–H and O–H groups in total. The zero-order valence-corrected chi connectivity index (χ0v) is 12.6. The first-order chi connectivity index (χ1) is 8.10. The molecule has 0 fully saturated rings. The van der Waals surface area contributed by atoms with Crippen molar-refractivity contribution in [2.45, 2.75) is 13.3 Å². The van der Waals surface area contributed by atoms with Crippen LogP contribution in [0.2, 0.25) is 0 Å². The number of hydrogen-bond donors (Lipinski definition) is 0. The van der Waals surface area contributed by atoms with Crippen LogP contribution in [0.25, 0.3) is 0 Å². The molecule has 0 bridgehead atoms. The Bertz CT molecular complexity index is 454. The first kappa shape index (κ1) is 14.2. The lowest BCUT2D eigenvalue weighted by atomic mass is 10.2. The molecule has 0 atom stereocenters. The number of hydrogen-bond acceptors (Lipinski definition) is 2. The van der Waals surface area contributed by atoms with Gasteiger partial charge in [0.05, 0.1) is 18.1 Å². The number of benzene rings is 1. The summed E-state index contributed by atoms with van der Waals surface area (Å²) >= 11 is 6.71. The van der Waals surface area contributed by atoms with E-state index in [0.717, 1.165) is 8.95 Å². The first-order valence-corrected chi connectivity index (χ1v) is 6.80. The fourth-order valence-electron chi connectivity index (χ4n) is 1.42. The first-order valence-electron chi connectivity index (χ1n) is 5.21. The minimum atomic E-state index is -0.0536. The van der Waals surface area contributed by atoms with Crippen LogP contribution in [0.1, 0.15) is 23.7 Å². The minimum absolute atomic E-state index is 0.0536. The van der Waals surface area contributed by atoms with Gasteiger partial charge < -0.3 is 4.90 Å². The maximum Gasteiger partial charge on any atom is 0.255 e. The number of nitriles is 1. The molecular formula is C12H12Br2N2O. The summed E-state index contributed by atoms with van der Waals surface area (Å²) in [5.41, 5.74) is 0.619. The van der Waals surface area contributed by atoms with Gasteiger partial charge in [-0.3, -0.25) is 4.79 Å². The van der Waals surface area contributed by atoms with E-state index in [1.807, 2.05) is 25.1 Å². The quantitative estimate of drug-likeness (QED) is 0.824. The number of amides is 1. The Balaban J connectivity index is 2.90. The molecule has 1 amide bonds. The lowest BCUT2D eigenvalue weighted by Crippen LogP contribution is -2.31. The molecule has 0 aromatic heterocycles. The van der Waals surface area contributed by atoms with Crippen LogP contribution in [0, 0.1) is 11.3 Å². The van der Waals surface area contributed by atoms with E-state index in [0.29, 0.717) is 25.1 Å². The van der Waals surface area contributed by atoms with Crippen LogP contribution in [0.15, 0.2) is 27.1 Å². The zero-order valence-electron chi connectivity index (χ0n) is 9.41. The molecule has 1 aromatic carbocycles. The van der Waals surface area contributed by atoms with Crippen molar-refractivity contribution in [1.82, 2.24) is 4.90 Å². The van der Waals surface area contributed by atoms with Crippen molar-refractivity contribution in [2.24, 2.45) is 0 Å². The molecule has 0 spiro atoms. The highest BCUT2D eigenvalue weighted by molar-refractivity contribution is 9.11. The highest BCUT2D eigenvalue weighted by atomic mass is 79.9. The van der Waals surface area contributed by atoms with Gasteiger partial charge in [0.25, 0.3) is 5.91 Å². The SMILES string of the molecule is CCN(CCC#N)C(=O)c1ccc(Br)cc1Br. The van der Waals surface area contributed by atoms with Crippen molar-refractivity contribution in [1.29, 1.82) is 5.26 Å². The van der Waals surface area contributed by atoms with Crippen LogP contribution < -0.4 is 0 Å². The summed E-state index contributed by atoms with van der Waals surface area (Å²) in [5, 5.41) is 8.55. The van der Waals surface area contributed by atoms with Crippen molar-refractivity contribution in [3.63, 3.8) is 0 Å². The Morgan fingerprint density at radius 3 is 2.71 bits per heavy atom. The second kappa shape index (κ2) is 6.77. The molecule has 17 heavy (non-hydrogen) atoms. The van der Waals surface area contributed by atoms with Gasteiger partial charge >= 0.3 is 0 Å². The van der Waals surface area contributed by atoms with Crippen LogP contribution in [0.5, 0.6) is 0 Å². The summed E-state index contributed by atoms with van der Waals surface area (Å²) in [6.45, 7) is 2.97. The molecule has 1 rings (SSSR count). The second-order valence-corrected chi connectivity index (χ2v) is 5.19. The minimum Gasteiger partial charge on any atom is -0.338 e. The highest BCUT2D eigenvalue weighted by Gasteiger charge is 2.16. The molecule has 0 saturated heterocycles. The number of carbonyl (C=O) groups is 1. The van der Waals surface area contributed by atoms with Crippen molar-refractivity contribution < 1.29 is 4.79 Å². The molecule has 0 unspecified atom stereocenters. The van der Waals surface area contributed by atoms with Crippen molar-refractivity contribution in [3.05, 3.63) is 32.7 Å². The molecule has 3 nitrogen and oxygen atoms in total. The van der Waals surface area contributed by atoms with E-state index >= 15 is 0 Å². The van der Waals surface area contributed by atoms with E-state index in [4.69, 9.17) is 5.26 Å². The average molecular weight is 360 g/mol. The topological polar surface area (TPSA) is 44.1 Å². The second-order valence-electron chi connectivity index (χ2n) is 3.42. The molecule has 0 aliphatic heterocycles. The predicted octanol–water partition coefficient (Wildman–Crippen LogP) is 3.59. The van der Waals surface area contributed by atoms with Gasteiger partial charge in [-0.05, 0) is 41.1 Å². The van der Waals surface area contributed by atoms with Crippen LogP contribution in [0.3, 0.4) is 0 Å². The molecule has 5 heteroatoms. The van der Waals surface area contributed by atoms with Gasteiger partial charge in [-0.2, -0.15) is 5.26 Å². The van der Waals surface area contributed by atoms with Crippen molar-refractivity contribution >= 4 is 37.8 Å². The number of carbonyl (C=O) groups excluding carboxylic acids is 1. The van der Waals surface area contributed by atoms with Gasteiger partial charge in [-0.15, -0.1) is 0 Å². The van der Waals surface area contributed by atoms with Crippen LogP contribution in [-0.2, 0) is 0 Å². The summed E-state index contributed by atoms with van der Waals surface area (Å²) in [4.78, 5) is 13.8. The van der Waals surface area contributed by atoms with E-state index < -0.39 is 0 Å². The maximum atomic E-state index is 12.2. The largest absolute Gasteiger partial charge is 0.338 e. The Hall–Kier alpha value is -0.860. The van der Waals surface area contributed by atoms with Crippen molar-refractivity contribution in [3.8, 4) is 6.07 Å². The Labute approximate surface area is 118 Å². The maximum absolute atomic E-state index is 12.2. The Morgan fingerprint density at radius 2 is 2.18 bits per heavy atom. The molecule has 1 aromatic rings. The summed E-state index contributed by atoms with van der Waals surface area (Å²) in [5.74, 6) is -0.0536. The summed E-state index contributed by atoms with van der Waals surface area (Å²) in [6.07, 6.45) is 0.355. The average Bonchev–Trinajstić information content (AvgIpc) is 2.29. The van der Waals surface area contributed by atoms with Crippen LogP contribution >= 0.6 is 31.9 Å². The summed E-state index contributed by atoms with van der Waals surface area (Å²) < 4.78 is 1.67. The van der Waals surface area contributed by atoms with Gasteiger partial charge in [0, 0.05) is 22.0 Å². The normalized spacial score (nSPS) is 9.76. The third-order valence-electron chi connectivity index (χ3n) is 2.32. The lowest BCUT2D eigenvalue weighted by Gasteiger charge is -2.20. The summed E-state index contributed by atoms with van der Waals surface area (Å²) in [6, 6.07) is 7.49. The summed E-state index contributed by atoms with van der Waals surface area (Å²) in [7, 11) is 0. The smallest absolute Gasteiger partial charge is 0.255 e. The molecule has 0 aliphatic carbocycles. The number of nitrogens with zero attached hydrogens (tertiary/aromatic N) is 2. The van der Waals surface area contributed by atoms with Crippen LogP contribution in [-0.4, -0.2) is 23.9 Å². The zero-order chi connectivity index (χ0) is 12.8. The van der Waals surface area contributed by atoms with Gasteiger partial charge in [-0.1, -0.05) is 15.9 Å². The monoisotopic (exact) mass is 358 g/mol. The Kier molecular flexibility index (Phi) is 5.66. The van der Waals surface area contributed by atoms with Crippen LogP contribution in [0.4, 0.5) is 0 Å². The number of rotatable bonds is 4. The molecule has 0 saturated carbocycles. The predicted molar refractivity (Wildman–Crippen MR) is 73.6 cm³/mol. The molecule has 0 radical (unpaired) electrons. The molecule has 0 heterocycles. The van der Waals surface area contributed by atoms with Gasteiger partial charge in [-0.25, -0.2) is 0 Å². The standard InChI is InChI=1S/C12H12Br2N2O/c1-2-16(7-3-6-15)12(17)10-5-4-9(13)8-11(10)14/h4-5,8H,2-3,7H2,1H3. The van der Waals surface area contributed by atoms with E-state index in [-0.39, 0.29) is 5.91 Å². The van der Waals surface area contributed by atoms with Gasteiger partial charge in [0.15, 0.2) is 0 Å². The van der Waals surface area contributed by atoms with E-state index in [2.05, 4.69) is 31.9 Å². The fourth-order valence-corrected chi connectivity index (χ4v) is 2.64. The van der Waals surface area contributed by atoms with E-state index in [9.17, 15) is 4.79 Å². The number of halogens is 2. The highest BCUT2D eigenvalue weighted by Crippen LogP contribution is 2.23. The van der Waals surface area contributed by atoms with Crippen molar-refractivity contribution in [2.75, 3.05) is 13.1 Å². The molecular weight excluding hydrogens is 348 g/mol. The van der Waals surface area contributed by atoms with E-state index in [1.165, 1.54) is 0 Å².